The number of halogens is 2. The van der Waals surface area contributed by atoms with Gasteiger partial charge in [0.2, 0.25) is 0 Å². The molecule has 0 bridgehead atoms. The second kappa shape index (κ2) is 6.30. The average Bonchev–Trinajstić information content (AvgIpc) is 2.91. The minimum Gasteiger partial charge on any atom is -0.300 e. The summed E-state index contributed by atoms with van der Waals surface area (Å²) in [5.74, 6) is -0.185. The van der Waals surface area contributed by atoms with E-state index in [0.717, 1.165) is 5.69 Å². The fourth-order valence-electron chi connectivity index (χ4n) is 2.38. The van der Waals surface area contributed by atoms with Gasteiger partial charge < -0.3 is 4.57 Å². The van der Waals surface area contributed by atoms with E-state index >= 15 is 0 Å². The first-order chi connectivity index (χ1) is 11.4. The summed E-state index contributed by atoms with van der Waals surface area (Å²) in [4.78, 5) is 0.160. The molecule has 1 heterocycles. The quantitative estimate of drug-likeness (QED) is 0.747. The average molecular weight is 365 g/mol. The number of nitrogens with zero attached hydrogens (tertiary/aromatic N) is 1. The standard InChI is InChI=1S/C17H14ClFN2O2S/c1-12-7-10-17(20-24(22,23)14-5-3-2-4-6-14)21(12)13-8-9-16(19)15(18)11-13/h2-11,20H,1H3. The molecular formula is C17H14ClFN2O2S. The Bertz CT molecular complexity index is 985. The molecule has 0 saturated carbocycles. The highest BCUT2D eigenvalue weighted by Gasteiger charge is 2.17. The highest BCUT2D eigenvalue weighted by atomic mass is 35.5. The highest BCUT2D eigenvalue weighted by molar-refractivity contribution is 7.92. The molecule has 3 aromatic rings. The minimum atomic E-state index is -3.73. The van der Waals surface area contributed by atoms with E-state index < -0.39 is 15.8 Å². The molecule has 3 rings (SSSR count). The van der Waals surface area contributed by atoms with Gasteiger partial charge >= 0.3 is 0 Å². The number of nitrogens with one attached hydrogen (secondary N) is 1. The molecule has 0 aliphatic heterocycles. The lowest BCUT2D eigenvalue weighted by Crippen LogP contribution is -2.15. The van der Waals surface area contributed by atoms with Crippen molar-refractivity contribution in [1.82, 2.24) is 4.57 Å². The van der Waals surface area contributed by atoms with E-state index in [4.69, 9.17) is 11.6 Å². The van der Waals surface area contributed by atoms with Crippen LogP contribution in [0.25, 0.3) is 5.69 Å². The lowest BCUT2D eigenvalue weighted by Gasteiger charge is -2.14. The van der Waals surface area contributed by atoms with Gasteiger partial charge in [0.25, 0.3) is 10.0 Å². The largest absolute Gasteiger partial charge is 0.300 e. The number of hydrogen-bond acceptors (Lipinski definition) is 2. The van der Waals surface area contributed by atoms with Gasteiger partial charge in [0.15, 0.2) is 0 Å². The van der Waals surface area contributed by atoms with Crippen molar-refractivity contribution in [2.75, 3.05) is 4.72 Å². The predicted octanol–water partition coefficient (Wildman–Crippen LogP) is 4.38. The fourth-order valence-corrected chi connectivity index (χ4v) is 3.62. The number of hydrogen-bond donors (Lipinski definition) is 1. The molecule has 1 aromatic heterocycles. The lowest BCUT2D eigenvalue weighted by molar-refractivity contribution is 0.601. The molecule has 0 fully saturated rings. The third-order valence-corrected chi connectivity index (χ3v) is 5.19. The van der Waals surface area contributed by atoms with Crippen LogP contribution in [0.2, 0.25) is 5.02 Å². The van der Waals surface area contributed by atoms with Crippen LogP contribution in [0.4, 0.5) is 10.2 Å². The lowest BCUT2D eigenvalue weighted by atomic mass is 10.3. The highest BCUT2D eigenvalue weighted by Crippen LogP contribution is 2.26. The van der Waals surface area contributed by atoms with E-state index in [1.165, 1.54) is 30.3 Å². The van der Waals surface area contributed by atoms with Gasteiger partial charge in [-0.05, 0) is 49.4 Å². The van der Waals surface area contributed by atoms with Gasteiger partial charge in [-0.2, -0.15) is 0 Å². The normalized spacial score (nSPS) is 11.5. The van der Waals surface area contributed by atoms with Gasteiger partial charge in [-0.1, -0.05) is 29.8 Å². The molecule has 0 spiro atoms. The Morgan fingerprint density at radius 1 is 1.04 bits per heavy atom. The van der Waals surface area contributed by atoms with E-state index in [1.54, 1.807) is 34.9 Å². The molecule has 4 nitrogen and oxygen atoms in total. The summed E-state index contributed by atoms with van der Waals surface area (Å²) in [6.45, 7) is 1.82. The maximum absolute atomic E-state index is 13.4. The number of aryl methyl sites for hydroxylation is 1. The molecule has 7 heteroatoms. The van der Waals surface area contributed by atoms with Crippen molar-refractivity contribution in [3.05, 3.63) is 77.2 Å². The van der Waals surface area contributed by atoms with Crippen LogP contribution in [0, 0.1) is 12.7 Å². The molecule has 1 N–H and O–H groups in total. The molecule has 0 aliphatic rings. The summed E-state index contributed by atoms with van der Waals surface area (Å²) in [5.41, 5.74) is 1.35. The molecule has 0 unspecified atom stereocenters. The zero-order valence-electron chi connectivity index (χ0n) is 12.7. The van der Waals surface area contributed by atoms with Gasteiger partial charge in [0.1, 0.15) is 11.6 Å². The summed E-state index contributed by atoms with van der Waals surface area (Å²) in [7, 11) is -3.73. The van der Waals surface area contributed by atoms with Crippen molar-refractivity contribution in [2.24, 2.45) is 0 Å². The van der Waals surface area contributed by atoms with Crippen LogP contribution in [0.5, 0.6) is 0 Å². The van der Waals surface area contributed by atoms with Crippen LogP contribution in [0.1, 0.15) is 5.69 Å². The van der Waals surface area contributed by atoms with Crippen LogP contribution in [-0.4, -0.2) is 13.0 Å². The number of benzene rings is 2. The van der Waals surface area contributed by atoms with E-state index in [1.807, 2.05) is 6.92 Å². The Morgan fingerprint density at radius 2 is 1.75 bits per heavy atom. The predicted molar refractivity (Wildman–Crippen MR) is 92.7 cm³/mol. The van der Waals surface area contributed by atoms with Crippen molar-refractivity contribution >= 4 is 27.4 Å². The molecule has 124 valence electrons. The smallest absolute Gasteiger partial charge is 0.263 e. The first-order valence-electron chi connectivity index (χ1n) is 7.10. The van der Waals surface area contributed by atoms with Crippen LogP contribution in [-0.2, 0) is 10.0 Å². The second-order valence-electron chi connectivity index (χ2n) is 5.21. The Labute approximate surface area is 144 Å². The van der Waals surface area contributed by atoms with Gasteiger partial charge in [-0.15, -0.1) is 0 Å². The third-order valence-electron chi connectivity index (χ3n) is 3.53. The Balaban J connectivity index is 2.03. The van der Waals surface area contributed by atoms with E-state index in [9.17, 15) is 12.8 Å². The zero-order chi connectivity index (χ0) is 17.3. The molecule has 0 saturated heterocycles. The van der Waals surface area contributed by atoms with E-state index in [2.05, 4.69) is 4.72 Å². The van der Waals surface area contributed by atoms with Gasteiger partial charge in [-0.25, -0.2) is 12.8 Å². The first-order valence-corrected chi connectivity index (χ1v) is 8.96. The maximum atomic E-state index is 13.4. The van der Waals surface area contributed by atoms with Crippen molar-refractivity contribution in [2.45, 2.75) is 11.8 Å². The van der Waals surface area contributed by atoms with Gasteiger partial charge in [0.05, 0.1) is 9.92 Å². The summed E-state index contributed by atoms with van der Waals surface area (Å²) in [6, 6.07) is 15.7. The molecule has 0 atom stereocenters. The summed E-state index contributed by atoms with van der Waals surface area (Å²) >= 11 is 5.84. The minimum absolute atomic E-state index is 0.0301. The van der Waals surface area contributed by atoms with Crippen LogP contribution >= 0.6 is 11.6 Å². The van der Waals surface area contributed by atoms with Crippen molar-refractivity contribution in [1.29, 1.82) is 0 Å². The molecule has 0 radical (unpaired) electrons. The number of rotatable bonds is 4. The topological polar surface area (TPSA) is 51.1 Å². The maximum Gasteiger partial charge on any atom is 0.263 e. The van der Waals surface area contributed by atoms with Crippen molar-refractivity contribution < 1.29 is 12.8 Å². The molecular weight excluding hydrogens is 351 g/mol. The zero-order valence-corrected chi connectivity index (χ0v) is 14.3. The Morgan fingerprint density at radius 3 is 2.42 bits per heavy atom. The van der Waals surface area contributed by atoms with E-state index in [0.29, 0.717) is 11.5 Å². The first kappa shape index (κ1) is 16.5. The summed E-state index contributed by atoms with van der Waals surface area (Å²) in [5, 5.41) is -0.0301. The molecule has 0 amide bonds. The Hall–Kier alpha value is -2.31. The third kappa shape index (κ3) is 3.16. The van der Waals surface area contributed by atoms with Gasteiger partial charge in [0, 0.05) is 11.4 Å². The second-order valence-corrected chi connectivity index (χ2v) is 7.30. The van der Waals surface area contributed by atoms with Crippen LogP contribution < -0.4 is 4.72 Å². The Kier molecular flexibility index (Phi) is 4.34. The SMILES string of the molecule is Cc1ccc(NS(=O)(=O)c2ccccc2)n1-c1ccc(F)c(Cl)c1. The van der Waals surface area contributed by atoms with Crippen LogP contribution in [0.3, 0.4) is 0 Å². The summed E-state index contributed by atoms with van der Waals surface area (Å²) in [6.07, 6.45) is 0. The van der Waals surface area contributed by atoms with E-state index in [-0.39, 0.29) is 9.92 Å². The number of anilines is 1. The summed E-state index contributed by atoms with van der Waals surface area (Å²) < 4.78 is 42.6. The number of sulfonamides is 1. The molecule has 2 aromatic carbocycles. The molecule has 0 aliphatic carbocycles. The van der Waals surface area contributed by atoms with Crippen LogP contribution in [0.15, 0.2) is 65.6 Å². The number of aromatic nitrogens is 1. The fraction of sp³-hybridized carbons (Fsp3) is 0.0588. The van der Waals surface area contributed by atoms with Crippen molar-refractivity contribution in [3.8, 4) is 5.69 Å². The monoisotopic (exact) mass is 364 g/mol. The van der Waals surface area contributed by atoms with Gasteiger partial charge in [-0.3, -0.25) is 4.72 Å². The van der Waals surface area contributed by atoms with Crippen molar-refractivity contribution in [3.63, 3.8) is 0 Å². The molecule has 24 heavy (non-hydrogen) atoms.